The van der Waals surface area contributed by atoms with E-state index in [1.165, 1.54) is 35.2 Å². The van der Waals surface area contributed by atoms with Gasteiger partial charge in [-0.2, -0.15) is 0 Å². The van der Waals surface area contributed by atoms with Crippen molar-refractivity contribution in [1.29, 1.82) is 0 Å². The fraction of sp³-hybridized carbons (Fsp3) is 0.172. The fourth-order valence-electron chi connectivity index (χ4n) is 3.93. The van der Waals surface area contributed by atoms with E-state index < -0.39 is 11.8 Å². The average molecular weight is 500 g/mol. The molecule has 4 rings (SSSR count). The van der Waals surface area contributed by atoms with Crippen LogP contribution in [0.25, 0.3) is 22.3 Å². The van der Waals surface area contributed by atoms with Crippen LogP contribution in [0.15, 0.2) is 88.7 Å². The maximum absolute atomic E-state index is 13.5. The zero-order valence-electron chi connectivity index (χ0n) is 20.3. The molecule has 1 N–H and O–H groups in total. The Kier molecular flexibility index (Phi) is 8.20. The van der Waals surface area contributed by atoms with Crippen LogP contribution in [0.2, 0.25) is 0 Å². The number of aliphatic carboxylic acids is 1. The van der Waals surface area contributed by atoms with E-state index in [4.69, 9.17) is 14.8 Å². The van der Waals surface area contributed by atoms with Crippen molar-refractivity contribution in [2.45, 2.75) is 32.6 Å². The number of aliphatic imine (C=N–C) groups is 1. The lowest BCUT2D eigenvalue weighted by Gasteiger charge is -2.14. The molecule has 37 heavy (non-hydrogen) atoms. The Morgan fingerprint density at radius 2 is 1.84 bits per heavy atom. The maximum Gasteiger partial charge on any atom is 0.303 e. The van der Waals surface area contributed by atoms with Gasteiger partial charge in [0.25, 0.3) is 5.56 Å². The largest absolute Gasteiger partial charge is 0.481 e. The van der Waals surface area contributed by atoms with Gasteiger partial charge in [0.05, 0.1) is 22.3 Å². The number of ether oxygens (including phenoxy) is 1. The van der Waals surface area contributed by atoms with Crippen LogP contribution in [0.4, 0.5) is 10.1 Å². The van der Waals surface area contributed by atoms with Crippen LogP contribution in [0, 0.1) is 5.82 Å². The Morgan fingerprint density at radius 3 is 2.54 bits per heavy atom. The van der Waals surface area contributed by atoms with Gasteiger partial charge in [0.2, 0.25) is 0 Å². The summed E-state index contributed by atoms with van der Waals surface area (Å²) in [5.74, 6) is -0.159. The quantitative estimate of drug-likeness (QED) is 0.124. The molecular weight excluding hydrogens is 473 g/mol. The minimum Gasteiger partial charge on any atom is -0.481 e. The van der Waals surface area contributed by atoms with Crippen LogP contribution in [0.5, 0.6) is 0 Å². The van der Waals surface area contributed by atoms with E-state index in [-0.39, 0.29) is 12.0 Å². The number of unbranched alkanes of at least 4 members (excludes halogenated alkanes) is 1. The molecule has 0 spiro atoms. The third kappa shape index (κ3) is 6.35. The van der Waals surface area contributed by atoms with Gasteiger partial charge < -0.3 is 9.84 Å². The summed E-state index contributed by atoms with van der Waals surface area (Å²) in [5, 5.41) is 9.32. The average Bonchev–Trinajstić information content (AvgIpc) is 2.90. The molecule has 188 valence electrons. The number of carbonyl (C=O) groups is 1. The monoisotopic (exact) mass is 499 g/mol. The van der Waals surface area contributed by atoms with Gasteiger partial charge in [0.15, 0.2) is 6.40 Å². The van der Waals surface area contributed by atoms with Crippen molar-refractivity contribution in [1.82, 2.24) is 9.55 Å². The number of aryl methyl sites for hydroxylation is 1. The van der Waals surface area contributed by atoms with Crippen molar-refractivity contribution < 1.29 is 19.0 Å². The molecule has 0 aliphatic heterocycles. The minimum absolute atomic E-state index is 0.0321. The first-order valence-electron chi connectivity index (χ1n) is 11.9. The zero-order chi connectivity index (χ0) is 26.2. The predicted octanol–water partition coefficient (Wildman–Crippen LogP) is 6.06. The molecule has 7 nitrogen and oxygen atoms in total. The molecule has 0 aliphatic rings. The first-order chi connectivity index (χ1) is 18.0. The van der Waals surface area contributed by atoms with Crippen molar-refractivity contribution >= 4 is 34.7 Å². The normalized spacial score (nSPS) is 11.8. The van der Waals surface area contributed by atoms with Gasteiger partial charge in [0, 0.05) is 18.4 Å². The number of carboxylic acid groups (broad SMARTS) is 1. The van der Waals surface area contributed by atoms with Crippen molar-refractivity contribution in [3.8, 4) is 5.69 Å². The number of hydrogen-bond acceptors (Lipinski definition) is 5. The van der Waals surface area contributed by atoms with E-state index in [0.29, 0.717) is 53.1 Å². The summed E-state index contributed by atoms with van der Waals surface area (Å²) < 4.78 is 20.7. The number of aromatic nitrogens is 2. The Balaban J connectivity index is 1.65. The van der Waals surface area contributed by atoms with Crippen molar-refractivity contribution in [2.75, 3.05) is 0 Å². The Bertz CT molecular complexity index is 1510. The lowest BCUT2D eigenvalue weighted by molar-refractivity contribution is -0.137. The SMILES string of the molecule is C/C=C(\O/C=N/c1ccc2c(=O)n(-c3ccc(F)cc3)c(CCCCC(=O)O)nc2c1)c1ccccc1. The van der Waals surface area contributed by atoms with E-state index in [2.05, 4.69) is 4.99 Å². The summed E-state index contributed by atoms with van der Waals surface area (Å²) in [6, 6.07) is 20.3. The summed E-state index contributed by atoms with van der Waals surface area (Å²) >= 11 is 0. The molecule has 1 aromatic heterocycles. The lowest BCUT2D eigenvalue weighted by Crippen LogP contribution is -2.24. The second kappa shape index (κ2) is 11.9. The molecule has 0 saturated heterocycles. The van der Waals surface area contributed by atoms with Crippen molar-refractivity contribution in [3.05, 3.63) is 106 Å². The first kappa shape index (κ1) is 25.5. The van der Waals surface area contributed by atoms with E-state index in [1.807, 2.05) is 43.3 Å². The standard InChI is InChI=1S/C29H26FN3O4/c1-2-26(20-8-4-3-5-9-20)37-19-31-22-14-17-24-25(18-22)32-27(10-6-7-11-28(34)35)33(29(24)36)23-15-12-21(30)13-16-23/h2-5,8-9,12-19H,6-7,10-11H2,1H3,(H,34,35)/b26-2-,31-19+. The molecule has 0 fully saturated rings. The molecule has 1 heterocycles. The third-order valence-electron chi connectivity index (χ3n) is 5.75. The van der Waals surface area contributed by atoms with E-state index >= 15 is 0 Å². The second-order valence-corrected chi connectivity index (χ2v) is 8.32. The highest BCUT2D eigenvalue weighted by atomic mass is 19.1. The molecule has 0 bridgehead atoms. The molecule has 0 saturated carbocycles. The second-order valence-electron chi connectivity index (χ2n) is 8.32. The summed E-state index contributed by atoms with van der Waals surface area (Å²) in [5.41, 5.74) is 2.13. The highest BCUT2D eigenvalue weighted by Gasteiger charge is 2.14. The summed E-state index contributed by atoms with van der Waals surface area (Å²) in [4.78, 5) is 33.4. The van der Waals surface area contributed by atoms with E-state index in [1.54, 1.807) is 18.2 Å². The molecule has 4 aromatic rings. The summed E-state index contributed by atoms with van der Waals surface area (Å²) in [6.07, 6.45) is 4.58. The van der Waals surface area contributed by atoms with Crippen LogP contribution < -0.4 is 5.56 Å². The van der Waals surface area contributed by atoms with Gasteiger partial charge in [-0.15, -0.1) is 0 Å². The number of rotatable bonds is 10. The molecule has 0 unspecified atom stereocenters. The van der Waals surface area contributed by atoms with Gasteiger partial charge in [-0.3, -0.25) is 14.2 Å². The first-order valence-corrected chi connectivity index (χ1v) is 11.9. The molecule has 0 atom stereocenters. The van der Waals surface area contributed by atoms with Gasteiger partial charge >= 0.3 is 5.97 Å². The Morgan fingerprint density at radius 1 is 1.08 bits per heavy atom. The maximum atomic E-state index is 13.5. The van der Waals surface area contributed by atoms with Gasteiger partial charge in [-0.1, -0.05) is 30.3 Å². The van der Waals surface area contributed by atoms with Gasteiger partial charge in [0.1, 0.15) is 17.4 Å². The number of nitrogens with zero attached hydrogens (tertiary/aromatic N) is 3. The fourth-order valence-corrected chi connectivity index (χ4v) is 3.93. The summed E-state index contributed by atoms with van der Waals surface area (Å²) in [7, 11) is 0. The lowest BCUT2D eigenvalue weighted by atomic mass is 10.1. The Labute approximate surface area is 213 Å². The predicted molar refractivity (Wildman–Crippen MR) is 142 cm³/mol. The highest BCUT2D eigenvalue weighted by Crippen LogP contribution is 2.21. The van der Waals surface area contributed by atoms with Crippen LogP contribution in [-0.2, 0) is 16.0 Å². The molecule has 0 aliphatic carbocycles. The van der Waals surface area contributed by atoms with Gasteiger partial charge in [-0.05, 0) is 68.3 Å². The highest BCUT2D eigenvalue weighted by molar-refractivity contribution is 5.82. The minimum atomic E-state index is -0.875. The molecule has 0 radical (unpaired) electrons. The van der Waals surface area contributed by atoms with Crippen LogP contribution >= 0.6 is 0 Å². The topological polar surface area (TPSA) is 93.8 Å². The summed E-state index contributed by atoms with van der Waals surface area (Å²) in [6.45, 7) is 1.88. The smallest absolute Gasteiger partial charge is 0.303 e. The number of benzene rings is 3. The number of allylic oxidation sites excluding steroid dienone is 1. The molecular formula is C29H26FN3O4. The number of fused-ring (bicyclic) bond motifs is 1. The van der Waals surface area contributed by atoms with Gasteiger partial charge in [-0.25, -0.2) is 14.4 Å². The third-order valence-corrected chi connectivity index (χ3v) is 5.75. The number of carboxylic acids is 1. The van der Waals surface area contributed by atoms with Crippen LogP contribution in [0.1, 0.15) is 37.6 Å². The van der Waals surface area contributed by atoms with E-state index in [9.17, 15) is 14.0 Å². The van der Waals surface area contributed by atoms with Crippen LogP contribution in [-0.4, -0.2) is 27.0 Å². The molecule has 0 amide bonds. The van der Waals surface area contributed by atoms with Crippen molar-refractivity contribution in [2.24, 2.45) is 4.99 Å². The number of halogens is 1. The van der Waals surface area contributed by atoms with Crippen LogP contribution in [0.3, 0.4) is 0 Å². The Hall–Kier alpha value is -4.59. The molecule has 8 heteroatoms. The molecule has 3 aromatic carbocycles. The van der Waals surface area contributed by atoms with E-state index in [0.717, 1.165) is 5.56 Å². The zero-order valence-corrected chi connectivity index (χ0v) is 20.3. The van der Waals surface area contributed by atoms with Crippen molar-refractivity contribution in [3.63, 3.8) is 0 Å². The number of hydrogen-bond donors (Lipinski definition) is 1.